The zero-order valence-electron chi connectivity index (χ0n) is 12.0. The number of pyridine rings is 1. The number of nitrogens with zero attached hydrogens (tertiary/aromatic N) is 1. The molecule has 3 rings (SSSR count). The number of aromatic amines is 1. The molecule has 2 unspecified atom stereocenters. The number of carbonyl (C=O) groups excluding carboxylic acids is 2. The lowest BCUT2D eigenvalue weighted by Crippen LogP contribution is -2.44. The van der Waals surface area contributed by atoms with Gasteiger partial charge in [-0.1, -0.05) is 6.42 Å². The molecule has 1 amide bonds. The SMILES string of the molecule is O=C1CCCCC1C1CCCN1C(=O)c1c[nH]ccc1=O. The van der Waals surface area contributed by atoms with E-state index in [0.29, 0.717) is 13.0 Å². The average Bonchev–Trinajstić information content (AvgIpc) is 2.97. The fourth-order valence-electron chi connectivity index (χ4n) is 3.62. The highest BCUT2D eigenvalue weighted by molar-refractivity contribution is 5.94. The van der Waals surface area contributed by atoms with Crippen LogP contribution in [-0.4, -0.2) is 34.2 Å². The topological polar surface area (TPSA) is 70.2 Å². The second kappa shape index (κ2) is 5.84. The number of rotatable bonds is 2. The van der Waals surface area contributed by atoms with Gasteiger partial charge in [0, 0.05) is 43.4 Å². The number of amides is 1. The van der Waals surface area contributed by atoms with Gasteiger partial charge in [-0.3, -0.25) is 14.4 Å². The number of hydrogen-bond donors (Lipinski definition) is 1. The van der Waals surface area contributed by atoms with E-state index in [1.165, 1.54) is 18.5 Å². The first-order valence-corrected chi connectivity index (χ1v) is 7.69. The quantitative estimate of drug-likeness (QED) is 0.901. The third-order valence-electron chi connectivity index (χ3n) is 4.68. The van der Waals surface area contributed by atoms with Crippen LogP contribution in [0, 0.1) is 5.92 Å². The van der Waals surface area contributed by atoms with Crippen molar-refractivity contribution in [3.63, 3.8) is 0 Å². The molecule has 1 saturated heterocycles. The normalized spacial score (nSPS) is 26.1. The summed E-state index contributed by atoms with van der Waals surface area (Å²) < 4.78 is 0. The summed E-state index contributed by atoms with van der Waals surface area (Å²) in [5, 5.41) is 0. The number of likely N-dealkylation sites (tertiary alicyclic amines) is 1. The summed E-state index contributed by atoms with van der Waals surface area (Å²) in [7, 11) is 0. The zero-order valence-corrected chi connectivity index (χ0v) is 12.0. The lowest BCUT2D eigenvalue weighted by atomic mass is 9.81. The molecule has 2 heterocycles. The molecule has 5 heteroatoms. The van der Waals surface area contributed by atoms with Crippen LogP contribution in [0.4, 0.5) is 0 Å². The number of Topliss-reactive ketones (excluding diaryl/α,β-unsaturated/α-hetero) is 1. The second-order valence-corrected chi connectivity index (χ2v) is 5.95. The Balaban J connectivity index is 1.84. The Kier molecular flexibility index (Phi) is 3.90. The van der Waals surface area contributed by atoms with Crippen LogP contribution < -0.4 is 5.43 Å². The van der Waals surface area contributed by atoms with Gasteiger partial charge in [-0.15, -0.1) is 0 Å². The lowest BCUT2D eigenvalue weighted by Gasteiger charge is -2.33. The van der Waals surface area contributed by atoms with Crippen molar-refractivity contribution in [1.82, 2.24) is 9.88 Å². The molecule has 2 atom stereocenters. The molecule has 0 bridgehead atoms. The number of carbonyl (C=O) groups is 2. The van der Waals surface area contributed by atoms with Gasteiger partial charge in [0.05, 0.1) is 0 Å². The highest BCUT2D eigenvalue weighted by Gasteiger charge is 2.39. The Morgan fingerprint density at radius 3 is 2.81 bits per heavy atom. The molecule has 1 aromatic heterocycles. The largest absolute Gasteiger partial charge is 0.367 e. The molecule has 112 valence electrons. The van der Waals surface area contributed by atoms with E-state index in [0.717, 1.165) is 32.1 Å². The summed E-state index contributed by atoms with van der Waals surface area (Å²) in [5.41, 5.74) is -0.0907. The smallest absolute Gasteiger partial charge is 0.259 e. The summed E-state index contributed by atoms with van der Waals surface area (Å²) >= 11 is 0. The molecule has 1 aliphatic heterocycles. The van der Waals surface area contributed by atoms with E-state index < -0.39 is 0 Å². The Hall–Kier alpha value is -1.91. The minimum absolute atomic E-state index is 0.0232. The highest BCUT2D eigenvalue weighted by Crippen LogP contribution is 2.32. The molecule has 1 aliphatic carbocycles. The Labute approximate surface area is 123 Å². The summed E-state index contributed by atoms with van der Waals surface area (Å²) in [4.78, 5) is 41.1. The standard InChI is InChI=1S/C16H20N2O3/c19-14-6-2-1-4-11(14)13-5-3-9-18(13)16(21)12-10-17-8-7-15(12)20/h7-8,10-11,13H,1-6,9H2,(H,17,20). The van der Waals surface area contributed by atoms with Crippen molar-refractivity contribution in [2.45, 2.75) is 44.6 Å². The minimum atomic E-state index is -0.264. The van der Waals surface area contributed by atoms with Crippen LogP contribution in [0.5, 0.6) is 0 Å². The van der Waals surface area contributed by atoms with E-state index in [1.807, 2.05) is 0 Å². The van der Waals surface area contributed by atoms with Gasteiger partial charge in [-0.25, -0.2) is 0 Å². The van der Waals surface area contributed by atoms with Crippen LogP contribution in [0.3, 0.4) is 0 Å². The van der Waals surface area contributed by atoms with Crippen molar-refractivity contribution < 1.29 is 9.59 Å². The first-order chi connectivity index (χ1) is 10.2. The molecular weight excluding hydrogens is 268 g/mol. The molecule has 2 aliphatic rings. The van der Waals surface area contributed by atoms with E-state index in [9.17, 15) is 14.4 Å². The third-order valence-corrected chi connectivity index (χ3v) is 4.68. The van der Waals surface area contributed by atoms with Gasteiger partial charge in [0.15, 0.2) is 5.43 Å². The van der Waals surface area contributed by atoms with Crippen molar-refractivity contribution in [2.75, 3.05) is 6.54 Å². The monoisotopic (exact) mass is 288 g/mol. The van der Waals surface area contributed by atoms with Gasteiger partial charge in [-0.2, -0.15) is 0 Å². The van der Waals surface area contributed by atoms with E-state index in [2.05, 4.69) is 4.98 Å². The Bertz CT molecular complexity index is 608. The molecule has 1 N–H and O–H groups in total. The number of hydrogen-bond acceptors (Lipinski definition) is 3. The van der Waals surface area contributed by atoms with Gasteiger partial charge in [0.25, 0.3) is 5.91 Å². The van der Waals surface area contributed by atoms with E-state index in [1.54, 1.807) is 4.90 Å². The molecule has 0 radical (unpaired) electrons. The summed E-state index contributed by atoms with van der Waals surface area (Å²) in [6.45, 7) is 0.640. The van der Waals surface area contributed by atoms with Crippen molar-refractivity contribution in [3.8, 4) is 0 Å². The van der Waals surface area contributed by atoms with Gasteiger partial charge in [0.2, 0.25) is 0 Å². The number of nitrogens with one attached hydrogen (secondary N) is 1. The molecule has 0 spiro atoms. The maximum Gasteiger partial charge on any atom is 0.259 e. The van der Waals surface area contributed by atoms with Crippen molar-refractivity contribution in [3.05, 3.63) is 34.2 Å². The lowest BCUT2D eigenvalue weighted by molar-refractivity contribution is -0.126. The van der Waals surface area contributed by atoms with Crippen molar-refractivity contribution in [2.24, 2.45) is 5.92 Å². The molecule has 0 aromatic carbocycles. The number of H-pyrrole nitrogens is 1. The third kappa shape index (κ3) is 2.64. The fourth-order valence-corrected chi connectivity index (χ4v) is 3.62. The van der Waals surface area contributed by atoms with Gasteiger partial charge < -0.3 is 9.88 Å². The molecule has 1 aromatic rings. The maximum atomic E-state index is 12.6. The fraction of sp³-hybridized carbons (Fsp3) is 0.562. The van der Waals surface area contributed by atoms with Crippen LogP contribution in [0.25, 0.3) is 0 Å². The van der Waals surface area contributed by atoms with Gasteiger partial charge in [0.1, 0.15) is 11.3 Å². The highest BCUT2D eigenvalue weighted by atomic mass is 16.2. The van der Waals surface area contributed by atoms with Crippen LogP contribution >= 0.6 is 0 Å². The maximum absolute atomic E-state index is 12.6. The van der Waals surface area contributed by atoms with E-state index >= 15 is 0 Å². The molecule has 2 fully saturated rings. The van der Waals surface area contributed by atoms with Crippen LogP contribution in [0.15, 0.2) is 23.3 Å². The van der Waals surface area contributed by atoms with Crippen molar-refractivity contribution >= 4 is 11.7 Å². The van der Waals surface area contributed by atoms with E-state index in [4.69, 9.17) is 0 Å². The Morgan fingerprint density at radius 1 is 1.19 bits per heavy atom. The molecule has 21 heavy (non-hydrogen) atoms. The van der Waals surface area contributed by atoms with Crippen LogP contribution in [-0.2, 0) is 4.79 Å². The van der Waals surface area contributed by atoms with Crippen LogP contribution in [0.2, 0.25) is 0 Å². The summed E-state index contributed by atoms with van der Waals surface area (Å²) in [6.07, 6.45) is 8.29. The molecular formula is C16H20N2O3. The van der Waals surface area contributed by atoms with Gasteiger partial charge in [-0.05, 0) is 25.7 Å². The first-order valence-electron chi connectivity index (χ1n) is 7.69. The predicted molar refractivity (Wildman–Crippen MR) is 78.1 cm³/mol. The van der Waals surface area contributed by atoms with E-state index in [-0.39, 0.29) is 34.6 Å². The number of ketones is 1. The molecule has 5 nitrogen and oxygen atoms in total. The average molecular weight is 288 g/mol. The van der Waals surface area contributed by atoms with Gasteiger partial charge >= 0.3 is 0 Å². The van der Waals surface area contributed by atoms with Crippen LogP contribution in [0.1, 0.15) is 48.9 Å². The predicted octanol–water partition coefficient (Wildman–Crippen LogP) is 1.74. The number of aromatic nitrogens is 1. The van der Waals surface area contributed by atoms with Crippen molar-refractivity contribution in [1.29, 1.82) is 0 Å². The Morgan fingerprint density at radius 2 is 2.05 bits per heavy atom. The minimum Gasteiger partial charge on any atom is -0.367 e. The summed E-state index contributed by atoms with van der Waals surface area (Å²) in [5.74, 6) is 0.0126. The molecule has 1 saturated carbocycles. The zero-order chi connectivity index (χ0) is 14.8. The summed E-state index contributed by atoms with van der Waals surface area (Å²) in [6, 6.07) is 1.34. The second-order valence-electron chi connectivity index (χ2n) is 5.95. The first kappa shape index (κ1) is 14.0.